The van der Waals surface area contributed by atoms with E-state index in [1.54, 1.807) is 0 Å². The minimum absolute atomic E-state index is 0.164. The SMILES string of the molecule is CS(=O)(=O)c1ccccc1C(=O)OCC(=O)Nc1cc(Cl)ccc1C#N. The lowest BCUT2D eigenvalue weighted by Crippen LogP contribution is -2.22. The molecule has 134 valence electrons. The molecule has 0 atom stereocenters. The molecule has 26 heavy (non-hydrogen) atoms. The topological polar surface area (TPSA) is 113 Å². The van der Waals surface area contributed by atoms with Crippen LogP contribution in [0.4, 0.5) is 5.69 Å². The molecule has 0 fully saturated rings. The molecule has 0 aliphatic rings. The molecule has 1 amide bonds. The van der Waals surface area contributed by atoms with E-state index in [2.05, 4.69) is 5.32 Å². The van der Waals surface area contributed by atoms with Crippen molar-refractivity contribution in [1.29, 1.82) is 5.26 Å². The van der Waals surface area contributed by atoms with Crippen molar-refractivity contribution in [3.8, 4) is 6.07 Å². The fraction of sp³-hybridized carbons (Fsp3) is 0.118. The zero-order valence-electron chi connectivity index (χ0n) is 13.5. The Labute approximate surface area is 155 Å². The predicted molar refractivity (Wildman–Crippen MR) is 94.6 cm³/mol. The number of ether oxygens (including phenoxy) is 1. The van der Waals surface area contributed by atoms with Gasteiger partial charge in [-0.25, -0.2) is 13.2 Å². The monoisotopic (exact) mass is 392 g/mol. The summed E-state index contributed by atoms with van der Waals surface area (Å²) in [4.78, 5) is 23.9. The van der Waals surface area contributed by atoms with Gasteiger partial charge in [0, 0.05) is 11.3 Å². The summed E-state index contributed by atoms with van der Waals surface area (Å²) < 4.78 is 28.3. The van der Waals surface area contributed by atoms with E-state index in [1.807, 2.05) is 6.07 Å². The Bertz CT molecular complexity index is 1010. The van der Waals surface area contributed by atoms with E-state index in [1.165, 1.54) is 42.5 Å². The van der Waals surface area contributed by atoms with Gasteiger partial charge in [0.15, 0.2) is 16.4 Å². The van der Waals surface area contributed by atoms with E-state index in [-0.39, 0.29) is 21.7 Å². The van der Waals surface area contributed by atoms with Crippen molar-refractivity contribution in [2.24, 2.45) is 0 Å². The highest BCUT2D eigenvalue weighted by Crippen LogP contribution is 2.20. The number of nitrogens with one attached hydrogen (secondary N) is 1. The van der Waals surface area contributed by atoms with E-state index in [0.717, 1.165) is 6.26 Å². The Morgan fingerprint density at radius 1 is 1.23 bits per heavy atom. The summed E-state index contributed by atoms with van der Waals surface area (Å²) in [5, 5.41) is 11.7. The van der Waals surface area contributed by atoms with Gasteiger partial charge in [-0.1, -0.05) is 23.7 Å². The van der Waals surface area contributed by atoms with Gasteiger partial charge in [0.25, 0.3) is 5.91 Å². The van der Waals surface area contributed by atoms with Crippen molar-refractivity contribution in [2.75, 3.05) is 18.2 Å². The van der Waals surface area contributed by atoms with E-state index in [0.29, 0.717) is 5.02 Å². The molecule has 0 spiro atoms. The molecule has 0 heterocycles. The summed E-state index contributed by atoms with van der Waals surface area (Å²) in [7, 11) is -3.63. The summed E-state index contributed by atoms with van der Waals surface area (Å²) in [5.74, 6) is -1.65. The maximum Gasteiger partial charge on any atom is 0.339 e. The highest BCUT2D eigenvalue weighted by atomic mass is 35.5. The lowest BCUT2D eigenvalue weighted by Gasteiger charge is -2.10. The van der Waals surface area contributed by atoms with Gasteiger partial charge in [0.1, 0.15) is 6.07 Å². The lowest BCUT2D eigenvalue weighted by molar-refractivity contribution is -0.119. The van der Waals surface area contributed by atoms with Gasteiger partial charge in [-0.2, -0.15) is 5.26 Å². The molecule has 7 nitrogen and oxygen atoms in total. The van der Waals surface area contributed by atoms with Gasteiger partial charge >= 0.3 is 5.97 Å². The zero-order chi connectivity index (χ0) is 19.3. The fourth-order valence-corrected chi connectivity index (χ4v) is 3.12. The van der Waals surface area contributed by atoms with Gasteiger partial charge in [0.05, 0.1) is 21.7 Å². The molecule has 2 aromatic carbocycles. The molecule has 2 aromatic rings. The molecule has 1 N–H and O–H groups in total. The number of carbonyl (C=O) groups excluding carboxylic acids is 2. The molecule has 0 bridgehead atoms. The van der Waals surface area contributed by atoms with Crippen LogP contribution in [0.5, 0.6) is 0 Å². The van der Waals surface area contributed by atoms with Crippen LogP contribution in [0.25, 0.3) is 0 Å². The quantitative estimate of drug-likeness (QED) is 0.781. The third-order valence-corrected chi connectivity index (χ3v) is 4.61. The summed E-state index contributed by atoms with van der Waals surface area (Å²) in [5.41, 5.74) is 0.206. The number of benzene rings is 2. The molecular formula is C17H13ClN2O5S. The van der Waals surface area contributed by atoms with Crippen molar-refractivity contribution in [3.63, 3.8) is 0 Å². The number of esters is 1. The van der Waals surface area contributed by atoms with Crippen LogP contribution in [0.3, 0.4) is 0 Å². The molecular weight excluding hydrogens is 380 g/mol. The number of hydrogen-bond acceptors (Lipinski definition) is 6. The molecule has 0 unspecified atom stereocenters. The predicted octanol–water partition coefficient (Wildman–Crippen LogP) is 2.41. The number of halogens is 1. The molecule has 0 saturated carbocycles. The van der Waals surface area contributed by atoms with Crippen LogP contribution in [-0.4, -0.2) is 33.2 Å². The van der Waals surface area contributed by atoms with Crippen molar-refractivity contribution < 1.29 is 22.7 Å². The number of sulfone groups is 1. The standard InChI is InChI=1S/C17H13ClN2O5S/c1-26(23,24)15-5-3-2-4-13(15)17(22)25-10-16(21)20-14-8-12(18)7-6-11(14)9-19/h2-8H,10H2,1H3,(H,20,21). The summed E-state index contributed by atoms with van der Waals surface area (Å²) in [6.07, 6.45) is 0.967. The molecule has 0 saturated heterocycles. The molecule has 0 aliphatic carbocycles. The number of anilines is 1. The molecule has 0 radical (unpaired) electrons. The summed E-state index contributed by atoms with van der Waals surface area (Å²) >= 11 is 5.82. The van der Waals surface area contributed by atoms with Crippen molar-refractivity contribution in [3.05, 3.63) is 58.6 Å². The van der Waals surface area contributed by atoms with Crippen LogP contribution < -0.4 is 5.32 Å². The van der Waals surface area contributed by atoms with Gasteiger partial charge in [-0.05, 0) is 30.3 Å². The van der Waals surface area contributed by atoms with Crippen LogP contribution in [0.1, 0.15) is 15.9 Å². The second-order valence-corrected chi connectivity index (χ2v) is 7.61. The average molecular weight is 393 g/mol. The summed E-state index contributed by atoms with van der Waals surface area (Å²) in [6.45, 7) is -0.658. The number of amides is 1. The van der Waals surface area contributed by atoms with Crippen LogP contribution in [-0.2, 0) is 19.4 Å². The van der Waals surface area contributed by atoms with Crippen molar-refractivity contribution in [1.82, 2.24) is 0 Å². The molecule has 9 heteroatoms. The first-order valence-electron chi connectivity index (χ1n) is 7.18. The van der Waals surface area contributed by atoms with Crippen LogP contribution >= 0.6 is 11.6 Å². The maximum atomic E-state index is 12.1. The Morgan fingerprint density at radius 3 is 2.58 bits per heavy atom. The first-order valence-corrected chi connectivity index (χ1v) is 9.45. The smallest absolute Gasteiger partial charge is 0.339 e. The van der Waals surface area contributed by atoms with Gasteiger partial charge in [-0.3, -0.25) is 4.79 Å². The normalized spacial score (nSPS) is 10.7. The van der Waals surface area contributed by atoms with E-state index in [9.17, 15) is 18.0 Å². The second kappa shape index (κ2) is 7.99. The maximum absolute atomic E-state index is 12.1. The molecule has 0 aromatic heterocycles. The highest BCUT2D eigenvalue weighted by Gasteiger charge is 2.20. The van der Waals surface area contributed by atoms with E-state index < -0.39 is 28.3 Å². The Kier molecular flexibility index (Phi) is 5.97. The van der Waals surface area contributed by atoms with Gasteiger partial charge in [0.2, 0.25) is 0 Å². The number of nitrogens with zero attached hydrogens (tertiary/aromatic N) is 1. The lowest BCUT2D eigenvalue weighted by atomic mass is 10.2. The average Bonchev–Trinajstić information content (AvgIpc) is 2.59. The Balaban J connectivity index is 2.08. The van der Waals surface area contributed by atoms with E-state index >= 15 is 0 Å². The van der Waals surface area contributed by atoms with Crippen molar-refractivity contribution >= 4 is 39.0 Å². The van der Waals surface area contributed by atoms with Gasteiger partial charge < -0.3 is 10.1 Å². The minimum Gasteiger partial charge on any atom is -0.452 e. The number of nitriles is 1. The first-order chi connectivity index (χ1) is 12.2. The largest absolute Gasteiger partial charge is 0.452 e. The van der Waals surface area contributed by atoms with Gasteiger partial charge in [-0.15, -0.1) is 0 Å². The van der Waals surface area contributed by atoms with Crippen LogP contribution in [0, 0.1) is 11.3 Å². The Hall–Kier alpha value is -2.89. The van der Waals surface area contributed by atoms with E-state index in [4.69, 9.17) is 21.6 Å². The fourth-order valence-electron chi connectivity index (χ4n) is 2.07. The minimum atomic E-state index is -3.63. The first kappa shape index (κ1) is 19.4. The third-order valence-electron chi connectivity index (χ3n) is 3.22. The van der Waals surface area contributed by atoms with Crippen LogP contribution in [0.15, 0.2) is 47.4 Å². The van der Waals surface area contributed by atoms with Crippen LogP contribution in [0.2, 0.25) is 5.02 Å². The Morgan fingerprint density at radius 2 is 1.92 bits per heavy atom. The highest BCUT2D eigenvalue weighted by molar-refractivity contribution is 7.90. The third kappa shape index (κ3) is 4.81. The number of hydrogen-bond donors (Lipinski definition) is 1. The number of carbonyl (C=O) groups is 2. The van der Waals surface area contributed by atoms with Crippen molar-refractivity contribution in [2.45, 2.75) is 4.90 Å². The molecule has 2 rings (SSSR count). The molecule has 0 aliphatic heterocycles. The zero-order valence-corrected chi connectivity index (χ0v) is 15.1. The summed E-state index contributed by atoms with van der Waals surface area (Å²) in [6, 6.07) is 11.7. The number of rotatable bonds is 5. The second-order valence-electron chi connectivity index (χ2n) is 5.19.